The number of carbonyl (C=O) groups excluding carboxylic acids is 2. The first-order valence-electron chi connectivity index (χ1n) is 30.8. The van der Waals surface area contributed by atoms with Gasteiger partial charge in [0.15, 0.2) is 48.3 Å². The van der Waals surface area contributed by atoms with Crippen LogP contribution >= 0.6 is 0 Å². The number of aliphatic hydroxyl groups excluding tert-OH is 12. The Labute approximate surface area is 513 Å². The van der Waals surface area contributed by atoms with Crippen molar-refractivity contribution in [3.63, 3.8) is 0 Å². The zero-order valence-electron chi connectivity index (χ0n) is 50.8. The van der Waals surface area contributed by atoms with Crippen molar-refractivity contribution in [1.82, 2.24) is 0 Å². The second-order valence-corrected chi connectivity index (χ2v) is 28.4. The zero-order valence-corrected chi connectivity index (χ0v) is 50.8. The Morgan fingerprint density at radius 2 is 1.17 bits per heavy atom. The van der Waals surface area contributed by atoms with Crippen molar-refractivity contribution in [2.75, 3.05) is 19.8 Å². The standard InChI is InChI=1S/C61H90O28/c1-24-35(67)39(71)41(73)51(81-24)86-45-38(70)31(22-63)82-52(43(45)75)87-46-42(74)47(49(77)78)88-53(44(46)76)84-34-11-12-57(4)32(58(34,5)23-64)10-13-60(7)33(57)9-8-26-27-20-56(2,3)14-16-61(27,17-15-59(26,60)6)55(80)89-54-48(40(72)37(69)30(21-62)83-54)85-50(79)25-18-28(65)36(68)29(66)19-25/h8,18-19,24,27,30-35,37-48,51-54,62-76H,9-17,20-23H2,1-7H3,(H,77,78)/t24-,27-,30+,31+,32+,33+,34-,35-,37+,38-,39+,40-,41+,42-,43+,44+,45-,46-,47-,48+,51-,52-,53+,54-,57-,58-,59+,60+,61+/m0/s1. The number of aliphatic carboxylic acids is 1. The van der Waals surface area contributed by atoms with Gasteiger partial charge in [-0.05, 0) is 123 Å². The lowest BCUT2D eigenvalue weighted by Gasteiger charge is -2.71. The Bertz CT molecular complexity index is 2780. The van der Waals surface area contributed by atoms with Crippen molar-refractivity contribution in [2.24, 2.45) is 50.2 Å². The van der Waals surface area contributed by atoms with E-state index < -0.39 is 217 Å². The monoisotopic (exact) mass is 1270 g/mol. The number of carboxylic acid groups (broad SMARTS) is 1. The van der Waals surface area contributed by atoms with Crippen LogP contribution in [-0.2, 0) is 52.2 Å². The molecule has 29 atom stereocenters. The molecule has 28 heteroatoms. The molecule has 5 aliphatic carbocycles. The molecule has 0 aromatic heterocycles. The third kappa shape index (κ3) is 11.3. The molecule has 0 radical (unpaired) electrons. The molecule has 0 amide bonds. The minimum absolute atomic E-state index is 0.0120. The first-order valence-corrected chi connectivity index (χ1v) is 30.8. The van der Waals surface area contributed by atoms with E-state index in [1.54, 1.807) is 0 Å². The number of ether oxygens (including phenoxy) is 9. The van der Waals surface area contributed by atoms with Crippen molar-refractivity contribution >= 4 is 17.9 Å². The molecule has 16 N–H and O–H groups in total. The van der Waals surface area contributed by atoms with Gasteiger partial charge in [0.25, 0.3) is 0 Å². The molecule has 0 spiro atoms. The molecule has 10 rings (SSSR count). The van der Waals surface area contributed by atoms with E-state index in [1.165, 1.54) is 6.92 Å². The van der Waals surface area contributed by atoms with Gasteiger partial charge in [0.2, 0.25) is 6.29 Å². The molecule has 4 heterocycles. The van der Waals surface area contributed by atoms with E-state index in [2.05, 4.69) is 40.7 Å². The van der Waals surface area contributed by atoms with Gasteiger partial charge in [-0.3, -0.25) is 4.79 Å². The SMILES string of the molecule is C[C@@H]1O[C@@H](O[C@H]2[C@@H](O)[C@@H](CO)O[C@@H](O[C@@H]3[C@@H](O)[C@H](O[C@H]4CC[C@@]5(C)[C@@H](CC[C@]6(C)[C@@H]5CC=C5[C@@H]7CC(C)(C)CC[C@@]7(C(=O)O[C@@H]7O[C@H](CO)[C@@H](O)[C@H](O)[C@H]7OC(=O)c7cc(O)c(O)c(O)c7)CC[C@]56C)[C@]4(C)CO)O[C@H](C(=O)O)[C@H]3O)[C@@H]2O)[C@H](O)[C@H](O)[C@H]1O. The summed E-state index contributed by atoms with van der Waals surface area (Å²) in [5.41, 5.74) is -3.24. The Morgan fingerprint density at radius 1 is 0.584 bits per heavy atom. The summed E-state index contributed by atoms with van der Waals surface area (Å²) < 4.78 is 53.0. The maximum atomic E-state index is 15.3. The van der Waals surface area contributed by atoms with Gasteiger partial charge in [0.05, 0.1) is 43.0 Å². The van der Waals surface area contributed by atoms with Gasteiger partial charge in [-0.1, -0.05) is 53.2 Å². The molecule has 1 aromatic rings. The smallest absolute Gasteiger partial charge is 0.339 e. The lowest BCUT2D eigenvalue weighted by Crippen LogP contribution is -2.68. The maximum Gasteiger partial charge on any atom is 0.339 e. The van der Waals surface area contributed by atoms with Crippen LogP contribution in [0, 0.1) is 50.2 Å². The van der Waals surface area contributed by atoms with Crippen LogP contribution in [0.25, 0.3) is 0 Å². The summed E-state index contributed by atoms with van der Waals surface area (Å²) in [5.74, 6) is -6.88. The number of aromatic hydroxyl groups is 3. The number of phenolic OH excluding ortho intramolecular Hbond substituents is 3. The fourth-order valence-electron chi connectivity index (χ4n) is 17.5. The Morgan fingerprint density at radius 3 is 1.79 bits per heavy atom. The quantitative estimate of drug-likeness (QED) is 0.0461. The predicted molar refractivity (Wildman–Crippen MR) is 298 cm³/mol. The molecule has 502 valence electrons. The third-order valence-electron chi connectivity index (χ3n) is 23.0. The number of allylic oxidation sites excluding steroid dienone is 2. The number of esters is 2. The summed E-state index contributed by atoms with van der Waals surface area (Å²) in [7, 11) is 0. The van der Waals surface area contributed by atoms with Crippen molar-refractivity contribution in [2.45, 2.75) is 242 Å². The van der Waals surface area contributed by atoms with Crippen LogP contribution in [0.4, 0.5) is 0 Å². The number of carboxylic acids is 1. The number of carbonyl (C=O) groups is 3. The third-order valence-corrected chi connectivity index (χ3v) is 23.0. The minimum Gasteiger partial charge on any atom is -0.504 e. The van der Waals surface area contributed by atoms with Gasteiger partial charge < -0.3 is 124 Å². The summed E-state index contributed by atoms with van der Waals surface area (Å²) in [6.45, 7) is 12.2. The second-order valence-electron chi connectivity index (χ2n) is 28.4. The number of hydrogen-bond donors (Lipinski definition) is 16. The van der Waals surface area contributed by atoms with E-state index in [1.807, 2.05) is 6.92 Å². The van der Waals surface area contributed by atoms with Crippen LogP contribution in [0.2, 0.25) is 0 Å². The molecule has 0 unspecified atom stereocenters. The fourth-order valence-corrected chi connectivity index (χ4v) is 17.5. The molecule has 4 aliphatic heterocycles. The van der Waals surface area contributed by atoms with Crippen LogP contribution in [0.15, 0.2) is 23.8 Å². The summed E-state index contributed by atoms with van der Waals surface area (Å²) in [4.78, 5) is 41.6. The van der Waals surface area contributed by atoms with Crippen LogP contribution in [0.3, 0.4) is 0 Å². The molecule has 1 aromatic carbocycles. The molecular weight excluding hydrogens is 1180 g/mol. The van der Waals surface area contributed by atoms with Gasteiger partial charge in [0.1, 0.15) is 79.4 Å². The number of phenols is 3. The van der Waals surface area contributed by atoms with Gasteiger partial charge >= 0.3 is 17.9 Å². The summed E-state index contributed by atoms with van der Waals surface area (Å²) >= 11 is 0. The lowest BCUT2D eigenvalue weighted by molar-refractivity contribution is -0.382. The highest BCUT2D eigenvalue weighted by Crippen LogP contribution is 2.76. The highest BCUT2D eigenvalue weighted by molar-refractivity contribution is 5.91. The number of rotatable bonds is 14. The lowest BCUT2D eigenvalue weighted by atomic mass is 9.33. The van der Waals surface area contributed by atoms with Crippen LogP contribution in [0.5, 0.6) is 17.2 Å². The first kappa shape index (κ1) is 67.9. The molecular formula is C61H90O28. The highest BCUT2D eigenvalue weighted by Gasteiger charge is 2.71. The first-order chi connectivity index (χ1) is 41.7. The number of hydrogen-bond acceptors (Lipinski definition) is 27. The topological polar surface area (TPSA) is 458 Å². The fraction of sp³-hybridized carbons (Fsp3) is 0.820. The highest BCUT2D eigenvalue weighted by atomic mass is 16.8. The number of benzene rings is 1. The maximum absolute atomic E-state index is 15.3. The van der Waals surface area contributed by atoms with E-state index in [0.717, 1.165) is 17.7 Å². The molecule has 4 saturated carbocycles. The minimum atomic E-state index is -2.15. The van der Waals surface area contributed by atoms with Crippen molar-refractivity contribution in [1.29, 1.82) is 0 Å². The van der Waals surface area contributed by atoms with E-state index in [-0.39, 0.29) is 29.6 Å². The summed E-state index contributed by atoms with van der Waals surface area (Å²) in [5, 5.41) is 172. The van der Waals surface area contributed by atoms with Crippen LogP contribution in [0.1, 0.15) is 123 Å². The molecule has 9 aliphatic rings. The number of fused-ring (bicyclic) bond motifs is 7. The van der Waals surface area contributed by atoms with E-state index in [0.29, 0.717) is 57.8 Å². The molecule has 0 bridgehead atoms. The zero-order chi connectivity index (χ0) is 65.2. The predicted octanol–water partition coefficient (Wildman–Crippen LogP) is -0.961. The van der Waals surface area contributed by atoms with Gasteiger partial charge in [-0.25, -0.2) is 9.59 Å². The molecule has 4 saturated heterocycles. The van der Waals surface area contributed by atoms with Crippen molar-refractivity contribution in [3.8, 4) is 17.2 Å². The van der Waals surface area contributed by atoms with E-state index in [9.17, 15) is 91.3 Å². The van der Waals surface area contributed by atoms with E-state index in [4.69, 9.17) is 42.6 Å². The van der Waals surface area contributed by atoms with Gasteiger partial charge in [0, 0.05) is 5.41 Å². The normalized spacial score (nSPS) is 48.7. The molecule has 89 heavy (non-hydrogen) atoms. The average molecular weight is 1270 g/mol. The second kappa shape index (κ2) is 24.7. The number of aliphatic hydroxyl groups is 12. The Balaban J connectivity index is 0.881. The van der Waals surface area contributed by atoms with Crippen molar-refractivity contribution in [3.05, 3.63) is 29.3 Å². The van der Waals surface area contributed by atoms with Gasteiger partial charge in [-0.2, -0.15) is 0 Å². The largest absolute Gasteiger partial charge is 0.504 e. The van der Waals surface area contributed by atoms with Gasteiger partial charge in [-0.15, -0.1) is 0 Å². The Hall–Kier alpha value is -3.99. The van der Waals surface area contributed by atoms with E-state index >= 15 is 4.79 Å². The summed E-state index contributed by atoms with van der Waals surface area (Å²) in [6, 6.07) is 1.61. The summed E-state index contributed by atoms with van der Waals surface area (Å²) in [6.07, 6.45) is -29.9. The average Bonchev–Trinajstić information content (AvgIpc) is 0.678. The van der Waals surface area contributed by atoms with Crippen LogP contribution in [-0.4, -0.2) is 248 Å². The molecule has 28 nitrogen and oxygen atoms in total. The molecule has 8 fully saturated rings. The Kier molecular flexibility index (Phi) is 18.9. The van der Waals surface area contributed by atoms with Crippen molar-refractivity contribution < 1.29 is 139 Å². The van der Waals surface area contributed by atoms with Crippen LogP contribution < -0.4 is 0 Å².